The Morgan fingerprint density at radius 3 is 2.27 bits per heavy atom. The minimum atomic E-state index is -0.374. The first-order valence-electron chi connectivity index (χ1n) is 4.55. The highest BCUT2D eigenvalue weighted by Gasteiger charge is 2.24. The van der Waals surface area contributed by atoms with E-state index in [0.29, 0.717) is 0 Å². The molecule has 0 fully saturated rings. The Balaban J connectivity index is 0.00000196. The molecule has 0 aliphatic carbocycles. The molecule has 2 unspecified atom stereocenters. The van der Waals surface area contributed by atoms with E-state index in [1.54, 1.807) is 6.92 Å². The third kappa shape index (κ3) is 3.53. The fraction of sp³-hybridized carbons (Fsp3) is 0.364. The van der Waals surface area contributed by atoms with Crippen LogP contribution in [0.4, 0.5) is 0 Å². The third-order valence-corrected chi connectivity index (χ3v) is 2.14. The summed E-state index contributed by atoms with van der Waals surface area (Å²) < 4.78 is 4.71. The number of carbonyl (C=O) groups excluding carboxylic acids is 1. The Kier molecular flexibility index (Phi) is 5.97. The zero-order valence-electron chi connectivity index (χ0n) is 8.84. The van der Waals surface area contributed by atoms with Crippen molar-refractivity contribution >= 4 is 18.4 Å². The number of carbonyl (C=O) groups is 1. The molecule has 0 aromatic heterocycles. The van der Waals surface area contributed by atoms with Crippen molar-refractivity contribution in [2.75, 3.05) is 7.11 Å². The Hall–Kier alpha value is -1.06. The lowest BCUT2D eigenvalue weighted by atomic mass is 9.93. The minimum absolute atomic E-state index is 0. The zero-order valence-corrected chi connectivity index (χ0v) is 9.66. The normalized spacial score (nSPS) is 13.5. The summed E-state index contributed by atoms with van der Waals surface area (Å²) in [5, 5.41) is 0. The van der Waals surface area contributed by atoms with Crippen molar-refractivity contribution in [1.82, 2.24) is 0 Å². The van der Waals surface area contributed by atoms with Crippen LogP contribution < -0.4 is 5.73 Å². The van der Waals surface area contributed by atoms with E-state index in [1.807, 2.05) is 30.3 Å². The second-order valence-corrected chi connectivity index (χ2v) is 3.27. The molecule has 0 aliphatic heterocycles. The van der Waals surface area contributed by atoms with Gasteiger partial charge in [0, 0.05) is 6.04 Å². The molecule has 84 valence electrons. The number of nitrogens with two attached hydrogens (primary N) is 1. The van der Waals surface area contributed by atoms with E-state index in [4.69, 9.17) is 10.5 Å². The molecule has 4 heteroatoms. The van der Waals surface area contributed by atoms with E-state index in [2.05, 4.69) is 0 Å². The van der Waals surface area contributed by atoms with Gasteiger partial charge in [0.15, 0.2) is 0 Å². The van der Waals surface area contributed by atoms with E-state index >= 15 is 0 Å². The highest BCUT2D eigenvalue weighted by molar-refractivity contribution is 5.85. The van der Waals surface area contributed by atoms with Gasteiger partial charge >= 0.3 is 5.97 Å². The first-order chi connectivity index (χ1) is 6.66. The number of hydrogen-bond donors (Lipinski definition) is 1. The number of methoxy groups -OCH3 is 1. The van der Waals surface area contributed by atoms with Crippen molar-refractivity contribution < 1.29 is 9.53 Å². The number of esters is 1. The number of hydrogen-bond acceptors (Lipinski definition) is 3. The quantitative estimate of drug-likeness (QED) is 0.803. The molecule has 0 spiro atoms. The second kappa shape index (κ2) is 6.43. The van der Waals surface area contributed by atoms with E-state index in [9.17, 15) is 4.79 Å². The first kappa shape index (κ1) is 13.9. The van der Waals surface area contributed by atoms with Crippen LogP contribution in [0.2, 0.25) is 0 Å². The molecule has 1 aromatic rings. The average molecular weight is 230 g/mol. The lowest BCUT2D eigenvalue weighted by Crippen LogP contribution is -2.31. The molecule has 0 amide bonds. The summed E-state index contributed by atoms with van der Waals surface area (Å²) in [6, 6.07) is 9.18. The molecule has 0 bridgehead atoms. The van der Waals surface area contributed by atoms with Gasteiger partial charge in [0.25, 0.3) is 0 Å². The van der Waals surface area contributed by atoms with Gasteiger partial charge in [-0.3, -0.25) is 4.79 Å². The predicted octanol–water partition coefficient (Wildman–Crippen LogP) is 1.71. The SMILES string of the molecule is COC(=O)C(c1ccccc1)C(C)N.Cl. The van der Waals surface area contributed by atoms with Gasteiger partial charge in [0.2, 0.25) is 0 Å². The lowest BCUT2D eigenvalue weighted by Gasteiger charge is -2.18. The van der Waals surface area contributed by atoms with Crippen molar-refractivity contribution in [1.29, 1.82) is 0 Å². The Bertz CT molecular complexity index is 301. The van der Waals surface area contributed by atoms with Gasteiger partial charge in [0.1, 0.15) is 0 Å². The van der Waals surface area contributed by atoms with E-state index in [1.165, 1.54) is 7.11 Å². The topological polar surface area (TPSA) is 52.3 Å². The summed E-state index contributed by atoms with van der Waals surface area (Å²) in [5.74, 6) is -0.660. The predicted molar refractivity (Wildman–Crippen MR) is 62.1 cm³/mol. The van der Waals surface area contributed by atoms with Gasteiger partial charge in [-0.15, -0.1) is 12.4 Å². The summed E-state index contributed by atoms with van der Waals surface area (Å²) in [4.78, 5) is 11.5. The maximum Gasteiger partial charge on any atom is 0.314 e. The van der Waals surface area contributed by atoms with Crippen LogP contribution in [0.25, 0.3) is 0 Å². The fourth-order valence-corrected chi connectivity index (χ4v) is 1.44. The van der Waals surface area contributed by atoms with Crippen molar-refractivity contribution in [3.8, 4) is 0 Å². The van der Waals surface area contributed by atoms with Crippen molar-refractivity contribution in [3.05, 3.63) is 35.9 Å². The second-order valence-electron chi connectivity index (χ2n) is 3.27. The van der Waals surface area contributed by atoms with E-state index in [0.717, 1.165) is 5.56 Å². The largest absolute Gasteiger partial charge is 0.469 e. The van der Waals surface area contributed by atoms with Crippen molar-refractivity contribution in [2.24, 2.45) is 5.73 Å². The summed E-state index contributed by atoms with van der Waals surface area (Å²) in [6.07, 6.45) is 0. The van der Waals surface area contributed by atoms with Gasteiger partial charge in [0.05, 0.1) is 13.0 Å². The molecule has 2 atom stereocenters. The Morgan fingerprint density at radius 1 is 1.33 bits per heavy atom. The van der Waals surface area contributed by atoms with Crippen LogP contribution in [0.15, 0.2) is 30.3 Å². The third-order valence-electron chi connectivity index (χ3n) is 2.14. The van der Waals surface area contributed by atoms with E-state index in [-0.39, 0.29) is 30.3 Å². The highest BCUT2D eigenvalue weighted by atomic mass is 35.5. The van der Waals surface area contributed by atoms with Gasteiger partial charge < -0.3 is 10.5 Å². The van der Waals surface area contributed by atoms with Gasteiger partial charge in [-0.25, -0.2) is 0 Å². The minimum Gasteiger partial charge on any atom is -0.469 e. The van der Waals surface area contributed by atoms with Crippen LogP contribution in [-0.4, -0.2) is 19.1 Å². The maximum atomic E-state index is 11.5. The molecular formula is C11H16ClNO2. The van der Waals surface area contributed by atoms with Crippen LogP contribution in [0.5, 0.6) is 0 Å². The molecule has 1 aromatic carbocycles. The van der Waals surface area contributed by atoms with Crippen LogP contribution in [-0.2, 0) is 9.53 Å². The van der Waals surface area contributed by atoms with Crippen LogP contribution in [0, 0.1) is 0 Å². The summed E-state index contributed by atoms with van der Waals surface area (Å²) in [6.45, 7) is 1.80. The molecule has 15 heavy (non-hydrogen) atoms. The summed E-state index contributed by atoms with van der Waals surface area (Å²) in [5.41, 5.74) is 6.64. The molecular weight excluding hydrogens is 214 g/mol. The van der Waals surface area contributed by atoms with Crippen LogP contribution in [0.3, 0.4) is 0 Å². The number of benzene rings is 1. The Labute approximate surface area is 96.0 Å². The molecule has 0 aliphatic rings. The molecule has 2 N–H and O–H groups in total. The van der Waals surface area contributed by atoms with Gasteiger partial charge in [-0.2, -0.15) is 0 Å². The fourth-order valence-electron chi connectivity index (χ4n) is 1.44. The summed E-state index contributed by atoms with van der Waals surface area (Å²) in [7, 11) is 1.38. The van der Waals surface area contributed by atoms with E-state index < -0.39 is 0 Å². The zero-order chi connectivity index (χ0) is 10.6. The molecule has 0 heterocycles. The lowest BCUT2D eigenvalue weighted by molar-refractivity contribution is -0.142. The Morgan fingerprint density at radius 2 is 1.87 bits per heavy atom. The summed E-state index contributed by atoms with van der Waals surface area (Å²) >= 11 is 0. The van der Waals surface area contributed by atoms with Crippen LogP contribution in [0.1, 0.15) is 18.4 Å². The van der Waals surface area contributed by atoms with Crippen molar-refractivity contribution in [2.45, 2.75) is 18.9 Å². The molecule has 0 radical (unpaired) electrons. The average Bonchev–Trinajstić information content (AvgIpc) is 2.19. The molecule has 1 rings (SSSR count). The molecule has 0 saturated carbocycles. The van der Waals surface area contributed by atoms with Gasteiger partial charge in [-0.1, -0.05) is 30.3 Å². The van der Waals surface area contributed by atoms with Crippen LogP contribution >= 0.6 is 12.4 Å². The number of ether oxygens (including phenoxy) is 1. The smallest absolute Gasteiger partial charge is 0.314 e. The highest BCUT2D eigenvalue weighted by Crippen LogP contribution is 2.19. The molecule has 0 saturated heterocycles. The monoisotopic (exact) mass is 229 g/mol. The van der Waals surface area contributed by atoms with Crippen molar-refractivity contribution in [3.63, 3.8) is 0 Å². The maximum absolute atomic E-state index is 11.5. The number of rotatable bonds is 3. The number of halogens is 1. The molecule has 3 nitrogen and oxygen atoms in total. The van der Waals surface area contributed by atoms with Gasteiger partial charge in [-0.05, 0) is 12.5 Å². The standard InChI is InChI=1S/C11H15NO2.ClH/c1-8(12)10(11(13)14-2)9-6-4-3-5-7-9;/h3-8,10H,12H2,1-2H3;1H. The first-order valence-corrected chi connectivity index (χ1v) is 4.55.